The molecule has 10 nitrogen and oxygen atoms in total. The molecule has 3 heterocycles. The predicted octanol–water partition coefficient (Wildman–Crippen LogP) is 5.25. The first-order valence-electron chi connectivity index (χ1n) is 18.3. The Bertz CT molecular complexity index is 1590. The van der Waals surface area contributed by atoms with Gasteiger partial charge in [0.1, 0.15) is 17.7 Å². The molecule has 3 aliphatic rings. The fraction of sp³-hybridized carbons (Fsp3) is 0.512. The Hall–Kier alpha value is -3.80. The van der Waals surface area contributed by atoms with Gasteiger partial charge < -0.3 is 29.3 Å². The molecular weight excluding hydrogens is 726 g/mol. The van der Waals surface area contributed by atoms with Crippen molar-refractivity contribution in [3.8, 4) is 0 Å². The third-order valence-electron chi connectivity index (χ3n) is 11.0. The molecule has 0 saturated carbocycles. The first-order valence-corrected chi connectivity index (χ1v) is 19.3. The quantitative estimate of drug-likeness (QED) is 0.125. The number of allylic oxidation sites excluding steroid dienone is 1. The molecule has 1 N–H and O–H groups in total. The highest BCUT2D eigenvalue weighted by molar-refractivity contribution is 9.09. The van der Waals surface area contributed by atoms with E-state index in [2.05, 4.69) is 29.1 Å². The molecule has 280 valence electrons. The first-order chi connectivity index (χ1) is 25.0. The molecule has 3 fully saturated rings. The van der Waals surface area contributed by atoms with Crippen LogP contribution in [0.2, 0.25) is 0 Å². The molecule has 0 aliphatic carbocycles. The Morgan fingerprint density at radius 3 is 2.40 bits per heavy atom. The second-order valence-electron chi connectivity index (χ2n) is 14.2. The van der Waals surface area contributed by atoms with Crippen molar-refractivity contribution in [1.82, 2.24) is 14.7 Å². The number of ether oxygens (including phenoxy) is 2. The number of hydrogen-bond donors (Lipinski definition) is 1. The molecular formula is C41H52BrN3O7. The fourth-order valence-electron chi connectivity index (χ4n) is 8.24. The maximum atomic E-state index is 14.9. The third-order valence-corrected chi connectivity index (χ3v) is 11.8. The Morgan fingerprint density at radius 2 is 1.79 bits per heavy atom. The number of aliphatic hydroxyl groups is 1. The average molecular weight is 779 g/mol. The number of alkyl halides is 1. The number of unbranched alkanes of at least 4 members (excludes halogenated alkanes) is 1. The van der Waals surface area contributed by atoms with Crippen LogP contribution in [0, 0.1) is 11.8 Å². The number of amides is 3. The number of aliphatic hydroxyl groups excluding tert-OH is 1. The highest BCUT2D eigenvalue weighted by Crippen LogP contribution is 2.61. The summed E-state index contributed by atoms with van der Waals surface area (Å²) in [7, 11) is 1.69. The number of halogens is 1. The minimum absolute atomic E-state index is 0.115. The molecule has 9 atom stereocenters. The van der Waals surface area contributed by atoms with E-state index in [0.29, 0.717) is 31.4 Å². The van der Waals surface area contributed by atoms with E-state index in [1.807, 2.05) is 74.5 Å². The van der Waals surface area contributed by atoms with Crippen LogP contribution in [-0.2, 0) is 35.1 Å². The Labute approximate surface area is 315 Å². The lowest BCUT2D eigenvalue weighted by atomic mass is 9.70. The van der Waals surface area contributed by atoms with E-state index < -0.39 is 59.6 Å². The van der Waals surface area contributed by atoms with Crippen molar-refractivity contribution in [1.29, 1.82) is 0 Å². The molecule has 3 saturated heterocycles. The molecule has 1 unspecified atom stereocenters. The predicted molar refractivity (Wildman–Crippen MR) is 202 cm³/mol. The lowest BCUT2D eigenvalue weighted by Gasteiger charge is -2.39. The summed E-state index contributed by atoms with van der Waals surface area (Å²) >= 11 is 3.76. The van der Waals surface area contributed by atoms with Crippen molar-refractivity contribution in [3.05, 3.63) is 97.1 Å². The standard InChI is InChI=1S/C41H52BrN3O7/c1-6-9-21-32(47)43(5)27(4)35(29-19-15-12-16-20-29)51-40(50)33-34-38(48)45(30(26-46)24-28-17-13-11-14-18-28)37(41(34)25-31(42)36(33)52-41)39(49)44(22-8-3)23-10-7-2/h6,8,11-20,27,30-31,33-37,46H,1,3,7,9-10,21-26H2,2,4-5H3/t27-,30+,31?,33-,34+,35+,36-,37-,41+/m0/s1. The van der Waals surface area contributed by atoms with E-state index in [1.165, 1.54) is 4.90 Å². The van der Waals surface area contributed by atoms with Crippen LogP contribution < -0.4 is 0 Å². The van der Waals surface area contributed by atoms with Crippen LogP contribution in [0.1, 0.15) is 63.2 Å². The lowest BCUT2D eigenvalue weighted by Crippen LogP contribution is -2.59. The molecule has 11 heteroatoms. The van der Waals surface area contributed by atoms with Crippen molar-refractivity contribution in [2.24, 2.45) is 11.8 Å². The minimum atomic E-state index is -1.34. The molecule has 1 spiro atoms. The lowest BCUT2D eigenvalue weighted by molar-refractivity contribution is -0.165. The number of likely N-dealkylation sites (tertiary alicyclic amines) is 1. The Balaban J connectivity index is 1.54. The topological polar surface area (TPSA) is 117 Å². The second-order valence-corrected chi connectivity index (χ2v) is 15.4. The van der Waals surface area contributed by atoms with Gasteiger partial charge in [-0.25, -0.2) is 0 Å². The molecule has 2 aromatic rings. The van der Waals surface area contributed by atoms with Gasteiger partial charge in [-0.3, -0.25) is 19.2 Å². The van der Waals surface area contributed by atoms with E-state index in [4.69, 9.17) is 9.47 Å². The Kier molecular flexibility index (Phi) is 13.1. The molecule has 3 amide bonds. The average Bonchev–Trinajstić information content (AvgIpc) is 3.76. The number of esters is 1. The van der Waals surface area contributed by atoms with Crippen molar-refractivity contribution < 1.29 is 33.8 Å². The Morgan fingerprint density at radius 1 is 1.12 bits per heavy atom. The number of carbonyl (C=O) groups is 4. The zero-order valence-corrected chi connectivity index (χ0v) is 32.0. The molecule has 0 aromatic heterocycles. The molecule has 52 heavy (non-hydrogen) atoms. The summed E-state index contributed by atoms with van der Waals surface area (Å²) in [5.41, 5.74) is 0.264. The molecule has 2 aromatic carbocycles. The SMILES string of the molecule is C=CCCC(=O)N(C)[C@@H](C)[C@@H](OC(=O)[C@@H]1[C@H]2O[C@@]3(CC2Br)[C@H](C(=O)N(CC=C)CCCC)N([C@@H](CO)Cc2ccccc2)C(=O)[C@@H]13)c1ccccc1. The maximum Gasteiger partial charge on any atom is 0.313 e. The van der Waals surface area contributed by atoms with E-state index in [1.54, 1.807) is 29.0 Å². The number of rotatable bonds is 18. The van der Waals surface area contributed by atoms with E-state index in [9.17, 15) is 24.3 Å². The van der Waals surface area contributed by atoms with Crippen molar-refractivity contribution in [3.63, 3.8) is 0 Å². The fourth-order valence-corrected chi connectivity index (χ4v) is 9.18. The second kappa shape index (κ2) is 17.4. The zero-order valence-electron chi connectivity index (χ0n) is 30.4. The van der Waals surface area contributed by atoms with Gasteiger partial charge in [-0.15, -0.1) is 13.2 Å². The summed E-state index contributed by atoms with van der Waals surface area (Å²) in [5, 5.41) is 10.8. The van der Waals surface area contributed by atoms with Gasteiger partial charge >= 0.3 is 5.97 Å². The summed E-state index contributed by atoms with van der Waals surface area (Å²) in [6, 6.07) is 16.4. The summed E-state index contributed by atoms with van der Waals surface area (Å²) in [5.74, 6) is -3.50. The minimum Gasteiger partial charge on any atom is -0.455 e. The number of nitrogens with zero attached hydrogens (tertiary/aromatic N) is 3. The number of fused-ring (bicyclic) bond motifs is 1. The van der Waals surface area contributed by atoms with Crippen molar-refractivity contribution in [2.45, 2.75) is 93.1 Å². The number of benzene rings is 2. The summed E-state index contributed by atoms with van der Waals surface area (Å²) in [4.78, 5) is 61.9. The third kappa shape index (κ3) is 7.63. The first kappa shape index (κ1) is 39.4. The monoisotopic (exact) mass is 777 g/mol. The van der Waals surface area contributed by atoms with Gasteiger partial charge in [0.25, 0.3) is 0 Å². The molecule has 3 aliphatic heterocycles. The van der Waals surface area contributed by atoms with Gasteiger partial charge in [0.15, 0.2) is 0 Å². The van der Waals surface area contributed by atoms with Gasteiger partial charge in [0.2, 0.25) is 17.7 Å². The van der Waals surface area contributed by atoms with Crippen LogP contribution >= 0.6 is 15.9 Å². The van der Waals surface area contributed by atoms with Crippen LogP contribution in [0.4, 0.5) is 0 Å². The molecule has 0 radical (unpaired) electrons. The number of likely N-dealkylation sites (N-methyl/N-ethyl adjacent to an activating group) is 1. The van der Waals surface area contributed by atoms with E-state index in [0.717, 1.165) is 18.4 Å². The van der Waals surface area contributed by atoms with Gasteiger partial charge in [-0.1, -0.05) is 102 Å². The van der Waals surface area contributed by atoms with Gasteiger partial charge in [-0.05, 0) is 43.7 Å². The molecule has 5 rings (SSSR count). The normalized spacial score (nSPS) is 26.3. The molecule has 2 bridgehead atoms. The highest BCUT2D eigenvalue weighted by atomic mass is 79.9. The summed E-state index contributed by atoms with van der Waals surface area (Å²) in [6.07, 6.45) is 4.81. The van der Waals surface area contributed by atoms with Crippen LogP contribution in [0.3, 0.4) is 0 Å². The largest absolute Gasteiger partial charge is 0.455 e. The van der Waals surface area contributed by atoms with E-state index >= 15 is 0 Å². The maximum absolute atomic E-state index is 14.9. The highest BCUT2D eigenvalue weighted by Gasteiger charge is 2.77. The van der Waals surface area contributed by atoms with Crippen LogP contribution in [0.25, 0.3) is 0 Å². The van der Waals surface area contributed by atoms with Crippen molar-refractivity contribution in [2.75, 3.05) is 26.7 Å². The number of hydrogen-bond acceptors (Lipinski definition) is 7. The van der Waals surface area contributed by atoms with Crippen LogP contribution in [0.5, 0.6) is 0 Å². The smallest absolute Gasteiger partial charge is 0.313 e. The van der Waals surface area contributed by atoms with Crippen molar-refractivity contribution >= 4 is 39.6 Å². The van der Waals surface area contributed by atoms with Gasteiger partial charge in [0.05, 0.1) is 36.6 Å². The number of carbonyl (C=O) groups excluding carboxylic acids is 4. The van der Waals surface area contributed by atoms with E-state index in [-0.39, 0.29) is 36.2 Å². The van der Waals surface area contributed by atoms with Crippen LogP contribution in [-0.4, -0.2) is 105 Å². The van der Waals surface area contributed by atoms with Crippen LogP contribution in [0.15, 0.2) is 86.0 Å². The van der Waals surface area contributed by atoms with Gasteiger partial charge in [0, 0.05) is 31.4 Å². The van der Waals surface area contributed by atoms with Gasteiger partial charge in [-0.2, -0.15) is 0 Å². The zero-order chi connectivity index (χ0) is 37.6. The summed E-state index contributed by atoms with van der Waals surface area (Å²) in [6.45, 7) is 11.8. The summed E-state index contributed by atoms with van der Waals surface area (Å²) < 4.78 is 13.2.